The van der Waals surface area contributed by atoms with Crippen LogP contribution in [0.25, 0.3) is 0 Å². The van der Waals surface area contributed by atoms with E-state index < -0.39 is 0 Å². The van der Waals surface area contributed by atoms with Gasteiger partial charge in [-0.05, 0) is 41.2 Å². The van der Waals surface area contributed by atoms with Crippen molar-refractivity contribution in [2.45, 2.75) is 53.2 Å². The van der Waals surface area contributed by atoms with Gasteiger partial charge in [0.2, 0.25) is 11.8 Å². The molecule has 1 aliphatic heterocycles. The molecule has 0 aromatic carbocycles. The Labute approximate surface area is 173 Å². The van der Waals surface area contributed by atoms with Gasteiger partial charge in [0.15, 0.2) is 0 Å². The first-order valence-corrected chi connectivity index (χ1v) is 10.8. The maximum atomic E-state index is 13.3. The molecule has 6 nitrogen and oxygen atoms in total. The molecule has 1 atom stereocenters. The van der Waals surface area contributed by atoms with Crippen molar-refractivity contribution in [3.63, 3.8) is 0 Å². The van der Waals surface area contributed by atoms with Crippen LogP contribution in [-0.2, 0) is 20.9 Å². The van der Waals surface area contributed by atoms with E-state index in [0.29, 0.717) is 25.6 Å². The van der Waals surface area contributed by atoms with Crippen LogP contribution in [0.1, 0.15) is 46.1 Å². The summed E-state index contributed by atoms with van der Waals surface area (Å²) in [4.78, 5) is 34.1. The zero-order valence-electron chi connectivity index (χ0n) is 18.1. The van der Waals surface area contributed by atoms with Crippen molar-refractivity contribution in [3.8, 4) is 0 Å². The number of nitrogens with zero attached hydrogens (tertiary/aromatic N) is 3. The minimum absolute atomic E-state index is 0.0176. The highest BCUT2D eigenvalue weighted by molar-refractivity contribution is 5.89. The van der Waals surface area contributed by atoms with Crippen LogP contribution in [0.5, 0.6) is 0 Å². The van der Waals surface area contributed by atoms with E-state index in [-0.39, 0.29) is 41.2 Å². The highest BCUT2D eigenvalue weighted by atomic mass is 16.5. The number of carbonyl (C=O) groups is 2. The number of amides is 2. The molecule has 2 aliphatic carbocycles. The minimum atomic E-state index is -0.146. The van der Waals surface area contributed by atoms with Crippen molar-refractivity contribution in [1.82, 2.24) is 14.8 Å². The summed E-state index contributed by atoms with van der Waals surface area (Å²) in [6.07, 6.45) is 5.81. The van der Waals surface area contributed by atoms with E-state index in [1.807, 2.05) is 17.0 Å². The summed E-state index contributed by atoms with van der Waals surface area (Å²) in [6, 6.07) is 3.86. The fourth-order valence-corrected chi connectivity index (χ4v) is 4.67. The smallest absolute Gasteiger partial charge is 0.242 e. The molecule has 1 aromatic rings. The van der Waals surface area contributed by atoms with Crippen LogP contribution in [0.15, 0.2) is 24.5 Å². The topological polar surface area (TPSA) is 62.7 Å². The highest BCUT2D eigenvalue weighted by Gasteiger charge is 2.69. The molecule has 158 valence electrons. The monoisotopic (exact) mass is 399 g/mol. The summed E-state index contributed by atoms with van der Waals surface area (Å²) >= 11 is 0. The van der Waals surface area contributed by atoms with Crippen molar-refractivity contribution in [2.75, 3.05) is 26.2 Å². The van der Waals surface area contributed by atoms with E-state index in [1.165, 1.54) is 12.8 Å². The van der Waals surface area contributed by atoms with Gasteiger partial charge in [-0.3, -0.25) is 14.6 Å². The van der Waals surface area contributed by atoms with Gasteiger partial charge in [0.05, 0.1) is 12.6 Å². The van der Waals surface area contributed by atoms with E-state index >= 15 is 0 Å². The number of aromatic nitrogens is 1. The summed E-state index contributed by atoms with van der Waals surface area (Å²) in [7, 11) is 0. The highest BCUT2D eigenvalue weighted by Crippen LogP contribution is 2.68. The first-order valence-electron chi connectivity index (χ1n) is 10.8. The second-order valence-corrected chi connectivity index (χ2v) is 10.1. The average molecular weight is 400 g/mol. The van der Waals surface area contributed by atoms with Gasteiger partial charge in [-0.2, -0.15) is 0 Å². The maximum Gasteiger partial charge on any atom is 0.242 e. The predicted molar refractivity (Wildman–Crippen MR) is 110 cm³/mol. The summed E-state index contributed by atoms with van der Waals surface area (Å²) in [6.45, 7) is 10.9. The van der Waals surface area contributed by atoms with Gasteiger partial charge in [0.1, 0.15) is 0 Å². The number of ether oxygens (including phenoxy) is 1. The van der Waals surface area contributed by atoms with E-state index in [1.54, 1.807) is 17.3 Å². The lowest BCUT2D eigenvalue weighted by atomic mass is 10.0. The Hall–Kier alpha value is -1.95. The van der Waals surface area contributed by atoms with Gasteiger partial charge in [0.25, 0.3) is 0 Å². The summed E-state index contributed by atoms with van der Waals surface area (Å²) in [5.41, 5.74) is 0.907. The van der Waals surface area contributed by atoms with Gasteiger partial charge >= 0.3 is 0 Å². The molecule has 0 bridgehead atoms. The van der Waals surface area contributed by atoms with Gasteiger partial charge < -0.3 is 14.5 Å². The van der Waals surface area contributed by atoms with Crippen molar-refractivity contribution >= 4 is 11.8 Å². The van der Waals surface area contributed by atoms with Crippen LogP contribution in [0, 0.1) is 22.7 Å². The number of rotatable bonds is 6. The van der Waals surface area contributed by atoms with Crippen LogP contribution in [0.2, 0.25) is 0 Å². The Morgan fingerprint density at radius 3 is 2.52 bits per heavy atom. The predicted octanol–water partition coefficient (Wildman–Crippen LogP) is 2.73. The van der Waals surface area contributed by atoms with Crippen LogP contribution in [-0.4, -0.2) is 58.9 Å². The molecule has 3 aliphatic rings. The van der Waals surface area contributed by atoms with E-state index in [0.717, 1.165) is 12.2 Å². The largest absolute Gasteiger partial charge is 0.374 e. The van der Waals surface area contributed by atoms with E-state index in [9.17, 15) is 9.59 Å². The molecule has 1 saturated heterocycles. The third-order valence-electron chi connectivity index (χ3n) is 7.47. The lowest BCUT2D eigenvalue weighted by molar-refractivity contribution is -0.140. The SMILES string of the molecule is CC1(C)C(C(=O)N2CC(=O)N(Cc3cccnc3)CC(OCC3CC3)C2)C1(C)C. The Kier molecular flexibility index (Phi) is 5.18. The van der Waals surface area contributed by atoms with Gasteiger partial charge in [-0.1, -0.05) is 33.8 Å². The number of carbonyl (C=O) groups excluding carboxylic acids is 2. The lowest BCUT2D eigenvalue weighted by Crippen LogP contribution is -2.41. The van der Waals surface area contributed by atoms with E-state index in [4.69, 9.17) is 4.74 Å². The fraction of sp³-hybridized carbons (Fsp3) is 0.696. The first kappa shape index (κ1) is 20.3. The molecule has 0 N–H and O–H groups in total. The molecular weight excluding hydrogens is 366 g/mol. The number of pyridine rings is 1. The van der Waals surface area contributed by atoms with Crippen molar-refractivity contribution in [1.29, 1.82) is 0 Å². The van der Waals surface area contributed by atoms with Crippen LogP contribution < -0.4 is 0 Å². The third kappa shape index (κ3) is 4.04. The second kappa shape index (κ2) is 7.38. The normalized spacial score (nSPS) is 26.3. The molecule has 3 fully saturated rings. The van der Waals surface area contributed by atoms with Crippen LogP contribution in [0.3, 0.4) is 0 Å². The summed E-state index contributed by atoms with van der Waals surface area (Å²) in [5.74, 6) is 0.676. The van der Waals surface area contributed by atoms with Gasteiger partial charge in [-0.15, -0.1) is 0 Å². The summed E-state index contributed by atoms with van der Waals surface area (Å²) < 4.78 is 6.18. The lowest BCUT2D eigenvalue weighted by Gasteiger charge is -2.25. The molecule has 2 amide bonds. The van der Waals surface area contributed by atoms with Gasteiger partial charge in [-0.25, -0.2) is 0 Å². The maximum absolute atomic E-state index is 13.3. The minimum Gasteiger partial charge on any atom is -0.374 e. The summed E-state index contributed by atoms with van der Waals surface area (Å²) in [5, 5.41) is 0. The molecule has 6 heteroatoms. The molecule has 0 spiro atoms. The van der Waals surface area contributed by atoms with Crippen LogP contribution >= 0.6 is 0 Å². The zero-order valence-corrected chi connectivity index (χ0v) is 18.1. The van der Waals surface area contributed by atoms with Crippen LogP contribution in [0.4, 0.5) is 0 Å². The Morgan fingerprint density at radius 2 is 1.93 bits per heavy atom. The van der Waals surface area contributed by atoms with Gasteiger partial charge in [0, 0.05) is 44.6 Å². The standard InChI is InChI=1S/C23H33N3O3/c1-22(2)20(23(22,3)4)21(28)26-13-18(29-15-16-7-8-16)12-25(19(27)14-26)11-17-6-5-9-24-10-17/h5-6,9-10,16,18,20H,7-8,11-15H2,1-4H3. The second-order valence-electron chi connectivity index (χ2n) is 10.1. The molecule has 2 heterocycles. The number of hydrogen-bond acceptors (Lipinski definition) is 4. The third-order valence-corrected chi connectivity index (χ3v) is 7.47. The Morgan fingerprint density at radius 1 is 1.21 bits per heavy atom. The molecule has 2 saturated carbocycles. The van der Waals surface area contributed by atoms with E-state index in [2.05, 4.69) is 32.7 Å². The van der Waals surface area contributed by atoms with Crippen molar-refractivity contribution in [3.05, 3.63) is 30.1 Å². The molecular formula is C23H33N3O3. The fourth-order valence-electron chi connectivity index (χ4n) is 4.67. The van der Waals surface area contributed by atoms with Crippen molar-refractivity contribution < 1.29 is 14.3 Å². The number of hydrogen-bond donors (Lipinski definition) is 0. The average Bonchev–Trinajstić information content (AvgIpc) is 3.55. The molecule has 29 heavy (non-hydrogen) atoms. The zero-order chi connectivity index (χ0) is 20.8. The van der Waals surface area contributed by atoms with Crippen molar-refractivity contribution in [2.24, 2.45) is 22.7 Å². The quantitative estimate of drug-likeness (QED) is 0.738. The molecule has 1 unspecified atom stereocenters. The molecule has 1 aromatic heterocycles. The Balaban J connectivity index is 1.50. The first-order chi connectivity index (χ1) is 13.7. The molecule has 0 radical (unpaired) electrons. The Bertz CT molecular complexity index is 759. The molecule has 4 rings (SSSR count).